The molecular formula is C100H120N18O6S4. The van der Waals surface area contributed by atoms with Crippen molar-refractivity contribution in [3.8, 4) is 0 Å². The van der Waals surface area contributed by atoms with Gasteiger partial charge in [-0.15, -0.1) is 11.3 Å². The Morgan fingerprint density at radius 3 is 1.14 bits per heavy atom. The lowest BCUT2D eigenvalue weighted by Crippen LogP contribution is -2.41. The van der Waals surface area contributed by atoms with Gasteiger partial charge in [-0.3, -0.25) is 63.6 Å². The van der Waals surface area contributed by atoms with Gasteiger partial charge in [-0.25, -0.2) is 0 Å². The number of hydrogen-bond donors (Lipinski definition) is 11. The molecule has 670 valence electrons. The Bertz CT molecular complexity index is 5770. The molecule has 14 N–H and O–H groups in total. The van der Waals surface area contributed by atoms with Gasteiger partial charge in [0.2, 0.25) is 35.4 Å². The first-order valence-electron chi connectivity index (χ1n) is 42.8. The maximum absolute atomic E-state index is 12.7. The van der Waals surface area contributed by atoms with Crippen molar-refractivity contribution in [1.82, 2.24) is 45.4 Å². The minimum absolute atomic E-state index is 0. The first-order chi connectivity index (χ1) is 60.5. The van der Waals surface area contributed by atoms with Crippen molar-refractivity contribution in [1.29, 1.82) is 0 Å². The molecule has 2 saturated carbocycles. The van der Waals surface area contributed by atoms with Crippen LogP contribution in [0.15, 0.2) is 268 Å². The number of amides is 6. The minimum Gasteiger partial charge on any atom is -0.328 e. The van der Waals surface area contributed by atoms with E-state index in [0.29, 0.717) is 18.0 Å². The second-order valence-electron chi connectivity index (χ2n) is 32.2. The van der Waals surface area contributed by atoms with E-state index in [2.05, 4.69) is 78.5 Å². The summed E-state index contributed by atoms with van der Waals surface area (Å²) in [6, 6.07) is 59.2. The molecule has 0 bridgehead atoms. The van der Waals surface area contributed by atoms with E-state index in [0.717, 1.165) is 183 Å². The van der Waals surface area contributed by atoms with Crippen molar-refractivity contribution < 1.29 is 28.8 Å². The summed E-state index contributed by atoms with van der Waals surface area (Å²) in [5.41, 5.74) is 23.6. The van der Waals surface area contributed by atoms with Crippen molar-refractivity contribution in [3.05, 3.63) is 278 Å². The molecule has 4 fully saturated rings. The second kappa shape index (κ2) is 51.4. The molecule has 7 aromatic heterocycles. The lowest BCUT2D eigenvalue weighted by Gasteiger charge is -2.25. The van der Waals surface area contributed by atoms with Crippen LogP contribution in [0.1, 0.15) is 114 Å². The predicted molar refractivity (Wildman–Crippen MR) is 539 cm³/mol. The summed E-state index contributed by atoms with van der Waals surface area (Å²) >= 11 is 1.68. The van der Waals surface area contributed by atoms with Gasteiger partial charge in [-0.2, -0.15) is 40.5 Å². The summed E-state index contributed by atoms with van der Waals surface area (Å²) in [4.78, 5) is 101. The molecule has 14 aromatic rings. The van der Waals surface area contributed by atoms with Gasteiger partial charge in [-0.05, 0) is 256 Å². The van der Waals surface area contributed by atoms with E-state index in [9.17, 15) is 28.8 Å². The first-order valence-corrected chi connectivity index (χ1v) is 43.6. The lowest BCUT2D eigenvalue weighted by molar-refractivity contribution is -0.121. The second-order valence-corrected chi connectivity index (χ2v) is 33.3. The third-order valence-electron chi connectivity index (χ3n) is 23.0. The number of carbonyl (C=O) groups is 6. The number of thiophene rings is 1. The average molecular weight is 1800 g/mol. The van der Waals surface area contributed by atoms with Gasteiger partial charge >= 0.3 is 0 Å². The maximum Gasteiger partial charge on any atom is 0.245 e. The van der Waals surface area contributed by atoms with Crippen molar-refractivity contribution in [3.63, 3.8) is 0 Å². The summed E-state index contributed by atoms with van der Waals surface area (Å²) < 4.78 is 0. The highest BCUT2D eigenvalue weighted by molar-refractivity contribution is 7.59. The molecule has 2 aliphatic heterocycles. The third kappa shape index (κ3) is 30.0. The zero-order chi connectivity index (χ0) is 86.4. The molecule has 28 heteroatoms. The molecule has 7 aromatic carbocycles. The van der Waals surface area contributed by atoms with E-state index in [4.69, 9.17) is 17.2 Å². The fourth-order valence-corrected chi connectivity index (χ4v) is 16.5. The van der Waals surface area contributed by atoms with E-state index in [1.165, 1.54) is 37.0 Å². The highest BCUT2D eigenvalue weighted by Crippen LogP contribution is 2.31. The summed E-state index contributed by atoms with van der Waals surface area (Å²) in [5.74, 6) is 0.948. The number of nitrogens with zero attached hydrogens (tertiary/aromatic N) is 7. The Balaban J connectivity index is 0.000000173. The molecule has 128 heavy (non-hydrogen) atoms. The van der Waals surface area contributed by atoms with Crippen LogP contribution >= 0.6 is 51.8 Å². The van der Waals surface area contributed by atoms with Crippen LogP contribution < -0.4 is 59.7 Å². The molecule has 24 nitrogen and oxygen atoms in total. The van der Waals surface area contributed by atoms with Crippen LogP contribution in [0.3, 0.4) is 0 Å². The molecule has 2 aliphatic carbocycles. The van der Waals surface area contributed by atoms with Gasteiger partial charge in [0, 0.05) is 177 Å². The van der Waals surface area contributed by atoms with Gasteiger partial charge in [0.25, 0.3) is 0 Å². The topological polar surface area (TPSA) is 357 Å². The van der Waals surface area contributed by atoms with E-state index < -0.39 is 12.1 Å². The smallest absolute Gasteiger partial charge is 0.245 e. The van der Waals surface area contributed by atoms with E-state index in [1.807, 2.05) is 225 Å². The Morgan fingerprint density at radius 1 is 0.391 bits per heavy atom. The fourth-order valence-electron chi connectivity index (χ4n) is 15.8. The molecule has 0 radical (unpaired) electrons. The lowest BCUT2D eigenvalue weighted by atomic mass is 9.85. The van der Waals surface area contributed by atoms with Crippen LogP contribution in [0.4, 0.5) is 34.1 Å². The monoisotopic (exact) mass is 1800 g/mol. The summed E-state index contributed by atoms with van der Waals surface area (Å²) in [6.07, 6.45) is 36.7. The number of rotatable bonds is 18. The number of carbonyl (C=O) groups excluding carboxylic acids is 6. The van der Waals surface area contributed by atoms with Gasteiger partial charge in [-0.1, -0.05) is 112 Å². The number of anilines is 6. The summed E-state index contributed by atoms with van der Waals surface area (Å²) in [5, 5.41) is 39.2. The molecule has 18 rings (SSSR count). The average Bonchev–Trinajstić information content (AvgIpc) is 1.07. The number of nitrogens with two attached hydrogens (primary N) is 3. The number of pyridine rings is 6. The van der Waals surface area contributed by atoms with Gasteiger partial charge in [0.1, 0.15) is 6.04 Å². The van der Waals surface area contributed by atoms with Crippen molar-refractivity contribution in [2.75, 3.05) is 72.2 Å². The van der Waals surface area contributed by atoms with Crippen molar-refractivity contribution in [2.45, 2.75) is 128 Å². The highest BCUT2D eigenvalue weighted by Gasteiger charge is 2.28. The molecule has 6 amide bonds. The molecule has 2 saturated heterocycles. The van der Waals surface area contributed by atoms with Crippen LogP contribution in [0.2, 0.25) is 0 Å². The van der Waals surface area contributed by atoms with Crippen LogP contribution in [0, 0.1) is 23.7 Å². The molecule has 9 heterocycles. The highest BCUT2D eigenvalue weighted by atomic mass is 32.1. The molecule has 4 aliphatic rings. The summed E-state index contributed by atoms with van der Waals surface area (Å²) in [6.45, 7) is 3.66. The largest absolute Gasteiger partial charge is 0.328 e. The third-order valence-corrected chi connectivity index (χ3v) is 23.9. The first kappa shape index (κ1) is 100. The number of nitrogens with one attached hydrogen (secondary N) is 8. The van der Waals surface area contributed by atoms with Crippen LogP contribution in [-0.2, 0) is 35.2 Å². The van der Waals surface area contributed by atoms with E-state index in [-0.39, 0.29) is 113 Å². The molecule has 2 unspecified atom stereocenters. The molecule has 4 atom stereocenters. The van der Waals surface area contributed by atoms with Crippen LogP contribution in [0.5, 0.6) is 0 Å². The van der Waals surface area contributed by atoms with Crippen LogP contribution in [0.25, 0.3) is 64.6 Å². The Hall–Kier alpha value is -11.7. The number of aromatic nitrogens is 6. The maximum atomic E-state index is 12.7. The molecular weight excluding hydrogens is 1680 g/mol. The number of fused-ring (bicyclic) bond motifs is 6. The number of hydrogen-bond acceptors (Lipinski definition) is 19. The zero-order valence-electron chi connectivity index (χ0n) is 71.7. The van der Waals surface area contributed by atoms with E-state index >= 15 is 0 Å². The minimum atomic E-state index is -0.684. The van der Waals surface area contributed by atoms with Crippen molar-refractivity contribution in [2.24, 2.45) is 40.9 Å². The summed E-state index contributed by atoms with van der Waals surface area (Å²) in [7, 11) is 3.87. The number of piperidine rings is 2. The zero-order valence-corrected chi connectivity index (χ0v) is 75.5. The Morgan fingerprint density at radius 2 is 0.766 bits per heavy atom. The Kier molecular flexibility index (Phi) is 40.2. The SMILES string of the molecule is C.CN(C)[C@@H](Cc1cccs1)C(=O)Nc1ccc2ccncc2c1.NC(C(=O)Nc1ccc2ccncc2c1)c1ccccc1.NC1CCC(C(=O)Nc2ccc3ccncc3c2)CC1.N[C@H](CC1CCCCC1)C(=O)Nc1ccc2ccncc2c1.O=C(Nc1ccc2ccncc2c1)C1CCCNC1.O=C(Nc1ccc2ccncc2c1)C1CCNCC1.S.S.S. The normalized spacial score (nSPS) is 16.0. The van der Waals surface area contributed by atoms with Gasteiger partial charge in [0.05, 0.1) is 18.0 Å². The molecule has 0 spiro atoms. The Labute approximate surface area is 774 Å². The van der Waals surface area contributed by atoms with Crippen LogP contribution in [-0.4, -0.2) is 129 Å². The van der Waals surface area contributed by atoms with Crippen molar-refractivity contribution >= 4 is 186 Å². The van der Waals surface area contributed by atoms with Gasteiger partial charge in [0.15, 0.2) is 0 Å². The standard InChI is InChI=1S/C18H19N3OS.C18H23N3O.C17H15N3O.C16H19N3O.2C15H17N3O.CH4.3H2S/c1-21(2)17(11-16-4-3-9-23-16)18(22)20-15-6-5-13-7-8-19-12-14(13)10-15;19-17(10-13-4-2-1-3-5-13)18(22)21-16-7-6-14-8-9-20-12-15(14)11-16;18-16(13-4-2-1-3-5-13)17(21)20-15-7-6-12-8-9-19-11-14(12)10-15;17-14-4-1-12(2-5-14)16(20)19-15-6-3-11-7-8-18-10-13(11)9-15;19-15(12-4-6-16-7-5-12)18-14-2-1-11-3-8-17-10-13(11)9-14;19-15(12-2-1-6-16-9-12)18-14-4-3-11-5-7-17-10-13(11)8-14;;;;/h3-10,12,17H,11H2,1-2H3,(H,20,22);6-9,11-13,17H,1-5,10,19H2,(H,21,22);1-11,16H,18H2,(H,20,21);3,6-10,12,14H,1-2,4-5,17H2,(H,19,20);1-3,8-10,12,16H,4-7H2,(H,18,19);3-5,7-8,10,12,16H,1-2,6,9H2,(H,18,19);1H4;3*1H2/t2*17-;;;;;;;;/m01......../s1. The predicted octanol–water partition coefficient (Wildman–Crippen LogP) is 17.8. The number of likely N-dealkylation sites (N-methyl/N-ethyl adjacent to an activating group) is 1. The number of benzene rings is 7. The fraction of sp³-hybridized carbons (Fsp3) is 0.300. The van der Waals surface area contributed by atoms with E-state index in [1.54, 1.807) is 67.1 Å². The van der Waals surface area contributed by atoms with Gasteiger partial charge < -0.3 is 59.7 Å². The quantitative estimate of drug-likeness (QED) is 0.0380.